The fourth-order valence-electron chi connectivity index (χ4n) is 2.88. The van der Waals surface area contributed by atoms with E-state index < -0.39 is 26.8 Å². The number of sulfone groups is 1. The van der Waals surface area contributed by atoms with E-state index in [1.807, 2.05) is 13.8 Å². The van der Waals surface area contributed by atoms with Gasteiger partial charge in [0, 0.05) is 13.1 Å². The second kappa shape index (κ2) is 7.18. The number of amides is 1. The second-order valence-corrected chi connectivity index (χ2v) is 9.04. The van der Waals surface area contributed by atoms with Crippen LogP contribution in [0.3, 0.4) is 0 Å². The molecule has 0 spiro atoms. The first-order valence-electron chi connectivity index (χ1n) is 7.67. The third-order valence-electron chi connectivity index (χ3n) is 3.98. The molecule has 1 amide bonds. The summed E-state index contributed by atoms with van der Waals surface area (Å²) in [5, 5.41) is -0.352. The first kappa shape index (κ1) is 18.2. The van der Waals surface area contributed by atoms with Crippen LogP contribution in [0.5, 0.6) is 0 Å². The lowest BCUT2D eigenvalue weighted by Crippen LogP contribution is -2.43. The average molecular weight is 362 g/mol. The Morgan fingerprint density at radius 1 is 1.35 bits per heavy atom. The highest BCUT2D eigenvalue weighted by atomic mass is 35.5. The zero-order valence-corrected chi connectivity index (χ0v) is 14.8. The van der Waals surface area contributed by atoms with Crippen LogP contribution in [0.4, 0.5) is 4.39 Å². The predicted octanol–water partition coefficient (Wildman–Crippen LogP) is 3.15. The summed E-state index contributed by atoms with van der Waals surface area (Å²) in [6.07, 6.45) is 0.764. The van der Waals surface area contributed by atoms with Gasteiger partial charge in [-0.25, -0.2) is 12.8 Å². The van der Waals surface area contributed by atoms with Crippen molar-refractivity contribution in [2.45, 2.75) is 31.9 Å². The summed E-state index contributed by atoms with van der Waals surface area (Å²) in [6, 6.07) is 4.11. The molecule has 0 atom stereocenters. The van der Waals surface area contributed by atoms with Crippen LogP contribution >= 0.6 is 11.6 Å². The zero-order chi connectivity index (χ0) is 17.2. The molecule has 1 heterocycles. The van der Waals surface area contributed by atoms with Crippen molar-refractivity contribution in [2.24, 2.45) is 5.92 Å². The van der Waals surface area contributed by atoms with E-state index in [2.05, 4.69) is 0 Å². The van der Waals surface area contributed by atoms with E-state index in [4.69, 9.17) is 11.6 Å². The highest BCUT2D eigenvalue weighted by Gasteiger charge is 2.33. The lowest BCUT2D eigenvalue weighted by atomic mass is 10.1. The molecular weight excluding hydrogens is 341 g/mol. The van der Waals surface area contributed by atoms with Gasteiger partial charge >= 0.3 is 0 Å². The lowest BCUT2D eigenvalue weighted by molar-refractivity contribution is 0.0721. The van der Waals surface area contributed by atoms with Crippen molar-refractivity contribution in [1.82, 2.24) is 4.90 Å². The quantitative estimate of drug-likeness (QED) is 0.827. The van der Waals surface area contributed by atoms with E-state index in [-0.39, 0.29) is 22.3 Å². The fraction of sp³-hybridized carbons (Fsp3) is 0.562. The first-order chi connectivity index (χ1) is 10.7. The Balaban J connectivity index is 2.06. The maximum atomic E-state index is 13.8. The number of carbonyl (C=O) groups is 1. The Hall–Kier alpha value is -1.14. The van der Waals surface area contributed by atoms with Gasteiger partial charge < -0.3 is 4.90 Å². The molecule has 2 rings (SSSR count). The highest BCUT2D eigenvalue weighted by molar-refractivity contribution is 7.92. The molecule has 0 aromatic heterocycles. The summed E-state index contributed by atoms with van der Waals surface area (Å²) in [4.78, 5) is 13.9. The molecule has 1 saturated heterocycles. The number of hydrogen-bond acceptors (Lipinski definition) is 3. The topological polar surface area (TPSA) is 54.5 Å². The molecule has 1 aliphatic heterocycles. The summed E-state index contributed by atoms with van der Waals surface area (Å²) in [5.41, 5.74) is -0.141. The van der Waals surface area contributed by atoms with Crippen molar-refractivity contribution in [1.29, 1.82) is 0 Å². The zero-order valence-electron chi connectivity index (χ0n) is 13.3. The summed E-state index contributed by atoms with van der Waals surface area (Å²) >= 11 is 5.92. The van der Waals surface area contributed by atoms with Gasteiger partial charge in [-0.1, -0.05) is 31.5 Å². The van der Waals surface area contributed by atoms with Crippen LogP contribution in [-0.4, -0.2) is 43.3 Å². The lowest BCUT2D eigenvalue weighted by Gasteiger charge is -2.32. The molecule has 0 N–H and O–H groups in total. The maximum absolute atomic E-state index is 13.8. The van der Waals surface area contributed by atoms with Gasteiger partial charge in [0.05, 0.1) is 21.6 Å². The smallest absolute Gasteiger partial charge is 0.258 e. The Kier molecular flexibility index (Phi) is 5.68. The number of nitrogens with zero attached hydrogens (tertiary/aromatic N) is 1. The van der Waals surface area contributed by atoms with Crippen LogP contribution in [0.25, 0.3) is 0 Å². The molecule has 0 aliphatic carbocycles. The van der Waals surface area contributed by atoms with Gasteiger partial charge in [-0.3, -0.25) is 4.79 Å². The molecule has 1 aliphatic rings. The molecule has 0 unspecified atom stereocenters. The van der Waals surface area contributed by atoms with Crippen LogP contribution in [0.2, 0.25) is 5.02 Å². The monoisotopic (exact) mass is 361 g/mol. The molecule has 128 valence electrons. The number of piperidine rings is 1. The Morgan fingerprint density at radius 3 is 2.48 bits per heavy atom. The number of likely N-dealkylation sites (tertiary alicyclic amines) is 1. The molecule has 23 heavy (non-hydrogen) atoms. The molecule has 1 aromatic carbocycles. The minimum absolute atomic E-state index is 0.0737. The van der Waals surface area contributed by atoms with Crippen LogP contribution in [0, 0.1) is 11.7 Å². The van der Waals surface area contributed by atoms with Gasteiger partial charge in [0.15, 0.2) is 9.84 Å². The fourth-order valence-corrected chi connectivity index (χ4v) is 5.25. The molecule has 0 saturated carbocycles. The van der Waals surface area contributed by atoms with Gasteiger partial charge in [-0.05, 0) is 30.9 Å². The SMILES string of the molecule is CC(C)CS(=O)(=O)C1CCN(C(=O)c2c(F)cccc2Cl)CC1. The summed E-state index contributed by atoms with van der Waals surface area (Å²) in [7, 11) is -3.15. The van der Waals surface area contributed by atoms with Gasteiger partial charge in [0.1, 0.15) is 5.82 Å². The molecule has 0 bridgehead atoms. The molecule has 4 nitrogen and oxygen atoms in total. The van der Waals surface area contributed by atoms with E-state index in [9.17, 15) is 17.6 Å². The molecule has 7 heteroatoms. The van der Waals surface area contributed by atoms with Crippen molar-refractivity contribution < 1.29 is 17.6 Å². The summed E-state index contributed by atoms with van der Waals surface area (Å²) in [6.45, 7) is 4.34. The minimum Gasteiger partial charge on any atom is -0.338 e. The van der Waals surface area contributed by atoms with Crippen molar-refractivity contribution in [3.05, 3.63) is 34.6 Å². The van der Waals surface area contributed by atoms with Crippen LogP contribution < -0.4 is 0 Å². The molecule has 0 radical (unpaired) electrons. The summed E-state index contributed by atoms with van der Waals surface area (Å²) < 4.78 is 38.4. The molecule has 1 fully saturated rings. The first-order valence-corrected chi connectivity index (χ1v) is 9.76. The van der Waals surface area contributed by atoms with Crippen LogP contribution in [-0.2, 0) is 9.84 Å². The number of hydrogen-bond donors (Lipinski definition) is 0. The standard InChI is InChI=1S/C16H21ClFNO3S/c1-11(2)10-23(21,22)12-6-8-19(9-7-12)16(20)15-13(17)4-3-5-14(15)18/h3-5,11-12H,6-10H2,1-2H3. The number of rotatable bonds is 4. The van der Waals surface area contributed by atoms with Gasteiger partial charge in [-0.15, -0.1) is 0 Å². The Morgan fingerprint density at radius 2 is 1.96 bits per heavy atom. The number of benzene rings is 1. The van der Waals surface area contributed by atoms with Gasteiger partial charge in [0.25, 0.3) is 5.91 Å². The average Bonchev–Trinajstić information content (AvgIpc) is 2.45. The van der Waals surface area contributed by atoms with E-state index in [0.29, 0.717) is 25.9 Å². The van der Waals surface area contributed by atoms with Crippen molar-refractivity contribution in [3.63, 3.8) is 0 Å². The molecule has 1 aromatic rings. The third-order valence-corrected chi connectivity index (χ3v) is 6.91. The van der Waals surface area contributed by atoms with Gasteiger partial charge in [0.2, 0.25) is 0 Å². The van der Waals surface area contributed by atoms with Crippen molar-refractivity contribution in [2.75, 3.05) is 18.8 Å². The van der Waals surface area contributed by atoms with E-state index >= 15 is 0 Å². The van der Waals surface area contributed by atoms with Crippen molar-refractivity contribution >= 4 is 27.3 Å². The number of halogens is 2. The molecular formula is C16H21ClFNO3S. The third kappa shape index (κ3) is 4.23. The van der Waals surface area contributed by atoms with Crippen LogP contribution in [0.1, 0.15) is 37.0 Å². The van der Waals surface area contributed by atoms with E-state index in [0.717, 1.165) is 0 Å². The Labute approximate surface area is 141 Å². The Bertz CT molecular complexity index is 662. The van der Waals surface area contributed by atoms with Crippen molar-refractivity contribution in [3.8, 4) is 0 Å². The normalized spacial score (nSPS) is 16.8. The number of carbonyl (C=O) groups excluding carboxylic acids is 1. The second-order valence-electron chi connectivity index (χ2n) is 6.31. The highest BCUT2D eigenvalue weighted by Crippen LogP contribution is 2.25. The largest absolute Gasteiger partial charge is 0.338 e. The van der Waals surface area contributed by atoms with E-state index in [1.54, 1.807) is 0 Å². The minimum atomic E-state index is -3.15. The predicted molar refractivity (Wildman–Crippen MR) is 89.0 cm³/mol. The van der Waals surface area contributed by atoms with Crippen LogP contribution in [0.15, 0.2) is 18.2 Å². The van der Waals surface area contributed by atoms with Gasteiger partial charge in [-0.2, -0.15) is 0 Å². The van der Waals surface area contributed by atoms with E-state index in [1.165, 1.54) is 23.1 Å². The maximum Gasteiger partial charge on any atom is 0.258 e. The summed E-state index contributed by atoms with van der Waals surface area (Å²) in [5.74, 6) is -0.896.